The quantitative estimate of drug-likeness (QED) is 0.768. The molecule has 1 unspecified atom stereocenters. The second kappa shape index (κ2) is 9.24. The highest BCUT2D eigenvalue weighted by Crippen LogP contribution is 2.27. The average Bonchev–Trinajstić information content (AvgIpc) is 3.45. The van der Waals surface area contributed by atoms with Crippen LogP contribution < -0.4 is 15.0 Å². The molecule has 2 saturated heterocycles. The Morgan fingerprint density at radius 2 is 1.90 bits per heavy atom. The lowest BCUT2D eigenvalue weighted by Crippen LogP contribution is -2.48. The number of likely N-dealkylation sites (tertiary alicyclic amines) is 1. The summed E-state index contributed by atoms with van der Waals surface area (Å²) in [6, 6.07) is 10.7. The van der Waals surface area contributed by atoms with Gasteiger partial charge < -0.3 is 24.3 Å². The summed E-state index contributed by atoms with van der Waals surface area (Å²) in [6.45, 7) is 4.00. The number of benzene rings is 1. The Balaban J connectivity index is 1.27. The summed E-state index contributed by atoms with van der Waals surface area (Å²) in [4.78, 5) is 41.0. The van der Waals surface area contributed by atoms with Crippen LogP contribution >= 0.6 is 0 Å². The number of hydrogen-bond acceptors (Lipinski definition) is 5. The minimum absolute atomic E-state index is 0.00257. The summed E-state index contributed by atoms with van der Waals surface area (Å²) >= 11 is 0. The number of ether oxygens (including phenoxy) is 1. The lowest BCUT2D eigenvalue weighted by Gasteiger charge is -2.32. The van der Waals surface area contributed by atoms with Crippen molar-refractivity contribution in [2.24, 2.45) is 5.92 Å². The standard InChI is InChI=1S/C23H27N3O5/c1-2-30-19-7-5-18(6-8-19)26-15-16(14-21(26)27)22(28)24-17-9-11-25(12-10-17)23(29)20-4-3-13-31-20/h3-8,13,16-17H,2,9-12,14-15H2,1H3,(H,24,28). The third-order valence-corrected chi connectivity index (χ3v) is 5.82. The van der Waals surface area contributed by atoms with Crippen molar-refractivity contribution in [3.05, 3.63) is 48.4 Å². The van der Waals surface area contributed by atoms with E-state index < -0.39 is 0 Å². The smallest absolute Gasteiger partial charge is 0.289 e. The molecule has 2 aliphatic rings. The zero-order chi connectivity index (χ0) is 21.8. The van der Waals surface area contributed by atoms with Gasteiger partial charge in [0.15, 0.2) is 5.76 Å². The maximum Gasteiger partial charge on any atom is 0.289 e. The molecule has 0 spiro atoms. The van der Waals surface area contributed by atoms with E-state index in [0.29, 0.717) is 44.8 Å². The van der Waals surface area contributed by atoms with Gasteiger partial charge in [-0.15, -0.1) is 0 Å². The van der Waals surface area contributed by atoms with Crippen molar-refractivity contribution in [1.82, 2.24) is 10.2 Å². The normalized spacial score (nSPS) is 19.5. The molecule has 2 aromatic rings. The Bertz CT molecular complexity index is 917. The summed E-state index contributed by atoms with van der Waals surface area (Å²) in [5, 5.41) is 3.07. The molecule has 1 atom stereocenters. The molecule has 0 aliphatic carbocycles. The molecule has 3 amide bonds. The topological polar surface area (TPSA) is 92.1 Å². The summed E-state index contributed by atoms with van der Waals surface area (Å²) in [5.74, 6) is 0.440. The minimum Gasteiger partial charge on any atom is -0.494 e. The minimum atomic E-state index is -0.373. The highest BCUT2D eigenvalue weighted by molar-refractivity contribution is 6.00. The van der Waals surface area contributed by atoms with E-state index in [0.717, 1.165) is 11.4 Å². The van der Waals surface area contributed by atoms with Gasteiger partial charge in [0.25, 0.3) is 5.91 Å². The fourth-order valence-electron chi connectivity index (χ4n) is 4.12. The first-order chi connectivity index (χ1) is 15.0. The number of piperidine rings is 1. The van der Waals surface area contributed by atoms with Gasteiger partial charge >= 0.3 is 0 Å². The molecule has 8 nitrogen and oxygen atoms in total. The summed E-state index contributed by atoms with van der Waals surface area (Å²) < 4.78 is 10.6. The van der Waals surface area contributed by atoms with Gasteiger partial charge in [-0.25, -0.2) is 0 Å². The number of carbonyl (C=O) groups is 3. The van der Waals surface area contributed by atoms with Crippen molar-refractivity contribution in [3.63, 3.8) is 0 Å². The van der Waals surface area contributed by atoms with Gasteiger partial charge in [0, 0.05) is 37.8 Å². The number of hydrogen-bond donors (Lipinski definition) is 1. The van der Waals surface area contributed by atoms with Crippen LogP contribution in [0.3, 0.4) is 0 Å². The molecule has 2 fully saturated rings. The summed E-state index contributed by atoms with van der Waals surface area (Å²) in [6.07, 6.45) is 3.05. The Morgan fingerprint density at radius 3 is 2.55 bits per heavy atom. The Kier molecular flexibility index (Phi) is 6.25. The van der Waals surface area contributed by atoms with E-state index in [1.165, 1.54) is 6.26 Å². The molecule has 3 heterocycles. The van der Waals surface area contributed by atoms with Crippen LogP contribution in [0, 0.1) is 5.92 Å². The van der Waals surface area contributed by atoms with E-state index in [1.54, 1.807) is 21.9 Å². The molecule has 2 aliphatic heterocycles. The predicted octanol–water partition coefficient (Wildman–Crippen LogP) is 2.45. The fraction of sp³-hybridized carbons (Fsp3) is 0.435. The lowest BCUT2D eigenvalue weighted by molar-refractivity contribution is -0.127. The Morgan fingerprint density at radius 1 is 1.16 bits per heavy atom. The van der Waals surface area contributed by atoms with Crippen molar-refractivity contribution in [1.29, 1.82) is 0 Å². The first kappa shape index (κ1) is 21.0. The number of nitrogens with zero attached hydrogens (tertiary/aromatic N) is 2. The van der Waals surface area contributed by atoms with Crippen LogP contribution in [0.5, 0.6) is 5.75 Å². The molecule has 31 heavy (non-hydrogen) atoms. The number of nitrogens with one attached hydrogen (secondary N) is 1. The van der Waals surface area contributed by atoms with E-state index in [4.69, 9.17) is 9.15 Å². The van der Waals surface area contributed by atoms with Gasteiger partial charge in [-0.2, -0.15) is 0 Å². The van der Waals surface area contributed by atoms with Crippen LogP contribution in [0.1, 0.15) is 36.7 Å². The monoisotopic (exact) mass is 425 g/mol. The van der Waals surface area contributed by atoms with Gasteiger partial charge in [-0.1, -0.05) is 0 Å². The van der Waals surface area contributed by atoms with Crippen LogP contribution in [0.2, 0.25) is 0 Å². The molecule has 0 saturated carbocycles. The molecule has 4 rings (SSSR count). The zero-order valence-electron chi connectivity index (χ0n) is 17.6. The molecule has 0 radical (unpaired) electrons. The van der Waals surface area contributed by atoms with Crippen LogP contribution in [-0.2, 0) is 9.59 Å². The molecule has 8 heteroatoms. The van der Waals surface area contributed by atoms with Gasteiger partial charge in [0.1, 0.15) is 5.75 Å². The van der Waals surface area contributed by atoms with Crippen molar-refractivity contribution in [2.45, 2.75) is 32.2 Å². The number of furan rings is 1. The van der Waals surface area contributed by atoms with Crippen molar-refractivity contribution in [3.8, 4) is 5.75 Å². The Hall–Kier alpha value is -3.29. The van der Waals surface area contributed by atoms with E-state index in [1.807, 2.05) is 31.2 Å². The summed E-state index contributed by atoms with van der Waals surface area (Å²) in [5.41, 5.74) is 0.772. The van der Waals surface area contributed by atoms with Crippen LogP contribution in [-0.4, -0.2) is 54.9 Å². The first-order valence-electron chi connectivity index (χ1n) is 10.7. The second-order valence-electron chi connectivity index (χ2n) is 7.88. The number of anilines is 1. The first-order valence-corrected chi connectivity index (χ1v) is 10.7. The fourth-order valence-corrected chi connectivity index (χ4v) is 4.12. The molecule has 1 N–H and O–H groups in total. The van der Waals surface area contributed by atoms with E-state index >= 15 is 0 Å². The van der Waals surface area contributed by atoms with Gasteiger partial charge in [0.05, 0.1) is 18.8 Å². The maximum absolute atomic E-state index is 12.8. The number of carbonyl (C=O) groups excluding carboxylic acids is 3. The SMILES string of the molecule is CCOc1ccc(N2CC(C(=O)NC3CCN(C(=O)c4ccco4)CC3)CC2=O)cc1. The van der Waals surface area contributed by atoms with Gasteiger partial charge in [-0.3, -0.25) is 14.4 Å². The molecule has 1 aromatic heterocycles. The van der Waals surface area contributed by atoms with Gasteiger partial charge in [-0.05, 0) is 56.2 Å². The van der Waals surface area contributed by atoms with E-state index in [9.17, 15) is 14.4 Å². The summed E-state index contributed by atoms with van der Waals surface area (Å²) in [7, 11) is 0. The van der Waals surface area contributed by atoms with Crippen LogP contribution in [0.15, 0.2) is 47.1 Å². The predicted molar refractivity (Wildman–Crippen MR) is 114 cm³/mol. The zero-order valence-corrected chi connectivity index (χ0v) is 17.6. The van der Waals surface area contributed by atoms with Crippen molar-refractivity contribution < 1.29 is 23.5 Å². The average molecular weight is 425 g/mol. The lowest BCUT2D eigenvalue weighted by atomic mass is 10.0. The molecule has 0 bridgehead atoms. The largest absolute Gasteiger partial charge is 0.494 e. The highest BCUT2D eigenvalue weighted by atomic mass is 16.5. The van der Waals surface area contributed by atoms with Gasteiger partial charge in [0.2, 0.25) is 11.8 Å². The molecular formula is C23H27N3O5. The third-order valence-electron chi connectivity index (χ3n) is 5.82. The maximum atomic E-state index is 12.8. The van der Waals surface area contributed by atoms with Crippen LogP contribution in [0.4, 0.5) is 5.69 Å². The number of rotatable bonds is 6. The highest BCUT2D eigenvalue weighted by Gasteiger charge is 2.36. The third kappa shape index (κ3) is 4.73. The van der Waals surface area contributed by atoms with Crippen molar-refractivity contribution >= 4 is 23.4 Å². The second-order valence-corrected chi connectivity index (χ2v) is 7.88. The van der Waals surface area contributed by atoms with E-state index in [2.05, 4.69) is 5.32 Å². The van der Waals surface area contributed by atoms with Crippen LogP contribution in [0.25, 0.3) is 0 Å². The Labute approximate surface area is 181 Å². The number of amides is 3. The molecule has 164 valence electrons. The molecule has 1 aromatic carbocycles. The molecular weight excluding hydrogens is 398 g/mol. The van der Waals surface area contributed by atoms with E-state index in [-0.39, 0.29) is 36.1 Å². The van der Waals surface area contributed by atoms with Crippen molar-refractivity contribution in [2.75, 3.05) is 31.1 Å².